The minimum Gasteiger partial charge on any atom is -0.0945 e. The highest BCUT2D eigenvalue weighted by molar-refractivity contribution is 5.83. The molecule has 0 nitrogen and oxygen atoms in total. The molecule has 0 atom stereocenters. The number of hydrogen-bond acceptors (Lipinski definition) is 0. The van der Waals surface area contributed by atoms with Crippen LogP contribution in [-0.4, -0.2) is 0 Å². The van der Waals surface area contributed by atoms with Gasteiger partial charge in [-0.25, -0.2) is 0 Å². The largest absolute Gasteiger partial charge is 0.0945 e. The van der Waals surface area contributed by atoms with Gasteiger partial charge < -0.3 is 0 Å². The molecule has 2 aromatic rings. The predicted octanol–water partition coefficient (Wildman–Crippen LogP) is 4.38. The second-order valence-electron chi connectivity index (χ2n) is 4.81. The molecule has 0 amide bonds. The molecule has 1 aliphatic carbocycles. The lowest BCUT2D eigenvalue weighted by Gasteiger charge is -1.98. The molecule has 0 saturated heterocycles. The molecule has 3 rings (SSSR count). The summed E-state index contributed by atoms with van der Waals surface area (Å²) in [6, 6.07) is 14.9. The van der Waals surface area contributed by atoms with Crippen molar-refractivity contribution in [3.05, 3.63) is 48.0 Å². The average Bonchev–Trinajstić information content (AvgIpc) is 2.89. The topological polar surface area (TPSA) is 0 Å². The third-order valence-corrected chi connectivity index (χ3v) is 3.53. The van der Waals surface area contributed by atoms with Crippen molar-refractivity contribution in [1.29, 1.82) is 0 Å². The van der Waals surface area contributed by atoms with Gasteiger partial charge in [0.15, 0.2) is 0 Å². The fourth-order valence-corrected chi connectivity index (χ4v) is 2.52. The van der Waals surface area contributed by atoms with Crippen molar-refractivity contribution in [2.45, 2.75) is 25.7 Å². The molecule has 0 heterocycles. The smallest absolute Gasteiger partial charge is 0.0251 e. The Morgan fingerprint density at radius 1 is 0.882 bits per heavy atom. The Morgan fingerprint density at radius 2 is 1.65 bits per heavy atom. The van der Waals surface area contributed by atoms with E-state index in [1.165, 1.54) is 36.5 Å². The maximum atomic E-state index is 3.41. The second kappa shape index (κ2) is 4.63. The van der Waals surface area contributed by atoms with Gasteiger partial charge in [0.25, 0.3) is 0 Å². The van der Waals surface area contributed by atoms with Gasteiger partial charge in [-0.1, -0.05) is 55.0 Å². The van der Waals surface area contributed by atoms with Gasteiger partial charge in [-0.15, -0.1) is 0 Å². The van der Waals surface area contributed by atoms with Gasteiger partial charge in [0.2, 0.25) is 0 Å². The van der Waals surface area contributed by atoms with Crippen LogP contribution < -0.4 is 0 Å². The SMILES string of the molecule is C(#CC1CCCC1)c1ccc2ccccc2c1. The molecule has 0 heteroatoms. The summed E-state index contributed by atoms with van der Waals surface area (Å²) in [6.45, 7) is 0. The van der Waals surface area contributed by atoms with Gasteiger partial charge in [-0.2, -0.15) is 0 Å². The van der Waals surface area contributed by atoms with Crippen LogP contribution in [0.3, 0.4) is 0 Å². The van der Waals surface area contributed by atoms with Crippen molar-refractivity contribution >= 4 is 10.8 Å². The first-order valence-electron chi connectivity index (χ1n) is 6.42. The molecule has 0 radical (unpaired) electrons. The molecule has 1 aliphatic rings. The molecular weight excluding hydrogens is 204 g/mol. The van der Waals surface area contributed by atoms with Crippen molar-refractivity contribution in [3.63, 3.8) is 0 Å². The van der Waals surface area contributed by atoms with Crippen molar-refractivity contribution in [3.8, 4) is 11.8 Å². The van der Waals surface area contributed by atoms with Crippen LogP contribution in [0.1, 0.15) is 31.2 Å². The van der Waals surface area contributed by atoms with Crippen molar-refractivity contribution in [1.82, 2.24) is 0 Å². The molecule has 0 N–H and O–H groups in total. The molecule has 0 spiro atoms. The third-order valence-electron chi connectivity index (χ3n) is 3.53. The molecule has 0 bridgehead atoms. The van der Waals surface area contributed by atoms with E-state index in [1.54, 1.807) is 0 Å². The monoisotopic (exact) mass is 220 g/mol. The number of fused-ring (bicyclic) bond motifs is 1. The van der Waals surface area contributed by atoms with E-state index < -0.39 is 0 Å². The van der Waals surface area contributed by atoms with Gasteiger partial charge >= 0.3 is 0 Å². The standard InChI is InChI=1S/C17H16/c1-2-6-14(5-1)9-10-15-11-12-16-7-3-4-8-17(16)13-15/h3-4,7-8,11-14H,1-2,5-6H2. The lowest BCUT2D eigenvalue weighted by atomic mass is 10.1. The van der Waals surface area contributed by atoms with E-state index in [-0.39, 0.29) is 0 Å². The Morgan fingerprint density at radius 3 is 2.47 bits per heavy atom. The van der Waals surface area contributed by atoms with Gasteiger partial charge in [0.1, 0.15) is 0 Å². The zero-order valence-electron chi connectivity index (χ0n) is 9.95. The maximum absolute atomic E-state index is 3.41. The minimum atomic E-state index is 0.640. The molecular formula is C17H16. The second-order valence-corrected chi connectivity index (χ2v) is 4.81. The average molecular weight is 220 g/mol. The van der Waals surface area contributed by atoms with Crippen LogP contribution in [-0.2, 0) is 0 Å². The summed E-state index contributed by atoms with van der Waals surface area (Å²) in [5.74, 6) is 7.38. The van der Waals surface area contributed by atoms with Gasteiger partial charge in [-0.05, 0) is 35.7 Å². The number of hydrogen-bond donors (Lipinski definition) is 0. The van der Waals surface area contributed by atoms with Crippen LogP contribution >= 0.6 is 0 Å². The van der Waals surface area contributed by atoms with Gasteiger partial charge in [0.05, 0.1) is 0 Å². The first-order valence-corrected chi connectivity index (χ1v) is 6.42. The van der Waals surface area contributed by atoms with E-state index in [2.05, 4.69) is 54.3 Å². The van der Waals surface area contributed by atoms with E-state index in [9.17, 15) is 0 Å². The van der Waals surface area contributed by atoms with Crippen LogP contribution in [0.4, 0.5) is 0 Å². The highest BCUT2D eigenvalue weighted by Crippen LogP contribution is 2.24. The summed E-state index contributed by atoms with van der Waals surface area (Å²) in [5, 5.41) is 2.57. The van der Waals surface area contributed by atoms with Crippen LogP contribution in [0.5, 0.6) is 0 Å². The van der Waals surface area contributed by atoms with Crippen LogP contribution in [0.15, 0.2) is 42.5 Å². The molecule has 0 aromatic heterocycles. The van der Waals surface area contributed by atoms with Crippen LogP contribution in [0, 0.1) is 17.8 Å². The Kier molecular flexibility index (Phi) is 2.84. The maximum Gasteiger partial charge on any atom is 0.0251 e. The van der Waals surface area contributed by atoms with Crippen LogP contribution in [0.25, 0.3) is 10.8 Å². The molecule has 1 fully saturated rings. The Labute approximate surface area is 103 Å². The molecule has 0 unspecified atom stereocenters. The minimum absolute atomic E-state index is 0.640. The molecule has 0 aliphatic heterocycles. The van der Waals surface area contributed by atoms with E-state index in [0.29, 0.717) is 5.92 Å². The van der Waals surface area contributed by atoms with E-state index in [0.717, 1.165) is 5.56 Å². The summed E-state index contributed by atoms with van der Waals surface area (Å²) in [7, 11) is 0. The Balaban J connectivity index is 1.90. The fraction of sp³-hybridized carbons (Fsp3) is 0.294. The van der Waals surface area contributed by atoms with E-state index in [4.69, 9.17) is 0 Å². The Bertz CT molecular complexity index is 578. The third kappa shape index (κ3) is 2.34. The number of rotatable bonds is 0. The molecule has 17 heavy (non-hydrogen) atoms. The molecule has 1 saturated carbocycles. The molecule has 2 aromatic carbocycles. The van der Waals surface area contributed by atoms with Crippen molar-refractivity contribution < 1.29 is 0 Å². The summed E-state index contributed by atoms with van der Waals surface area (Å²) < 4.78 is 0. The molecule has 84 valence electrons. The summed E-state index contributed by atoms with van der Waals surface area (Å²) in [5.41, 5.74) is 1.15. The van der Waals surface area contributed by atoms with Crippen molar-refractivity contribution in [2.24, 2.45) is 5.92 Å². The van der Waals surface area contributed by atoms with Gasteiger partial charge in [0, 0.05) is 11.5 Å². The normalized spacial score (nSPS) is 15.8. The lowest BCUT2D eigenvalue weighted by Crippen LogP contribution is -1.86. The zero-order valence-corrected chi connectivity index (χ0v) is 9.95. The lowest BCUT2D eigenvalue weighted by molar-refractivity contribution is 0.712. The van der Waals surface area contributed by atoms with E-state index in [1.807, 2.05) is 0 Å². The summed E-state index contributed by atoms with van der Waals surface area (Å²) >= 11 is 0. The highest BCUT2D eigenvalue weighted by atomic mass is 14.1. The first kappa shape index (κ1) is 10.4. The predicted molar refractivity (Wildman–Crippen MR) is 72.8 cm³/mol. The quantitative estimate of drug-likeness (QED) is 0.578. The fourth-order valence-electron chi connectivity index (χ4n) is 2.52. The summed E-state index contributed by atoms with van der Waals surface area (Å²) in [6.07, 6.45) is 5.30. The summed E-state index contributed by atoms with van der Waals surface area (Å²) in [4.78, 5) is 0. The number of benzene rings is 2. The zero-order chi connectivity index (χ0) is 11.5. The van der Waals surface area contributed by atoms with E-state index >= 15 is 0 Å². The first-order chi connectivity index (χ1) is 8.42. The highest BCUT2D eigenvalue weighted by Gasteiger charge is 2.11. The van der Waals surface area contributed by atoms with Crippen LogP contribution in [0.2, 0.25) is 0 Å². The Hall–Kier alpha value is -1.74. The van der Waals surface area contributed by atoms with Crippen molar-refractivity contribution in [2.75, 3.05) is 0 Å². The van der Waals surface area contributed by atoms with Gasteiger partial charge in [-0.3, -0.25) is 0 Å².